The smallest absolute Gasteiger partial charge is 0.475 e. The molecule has 0 saturated carbocycles. The normalized spacial score (nSPS) is 21.3. The van der Waals surface area contributed by atoms with Crippen molar-refractivity contribution in [1.82, 2.24) is 14.8 Å². The third-order valence-corrected chi connectivity index (χ3v) is 6.95. The quantitative estimate of drug-likeness (QED) is 0.754. The highest BCUT2D eigenvalue weighted by molar-refractivity contribution is 7.09. The van der Waals surface area contributed by atoms with Crippen molar-refractivity contribution in [2.75, 3.05) is 19.6 Å². The summed E-state index contributed by atoms with van der Waals surface area (Å²) >= 11 is 3.38. The lowest BCUT2D eigenvalue weighted by Gasteiger charge is -2.50. The van der Waals surface area contributed by atoms with Gasteiger partial charge >= 0.3 is 12.1 Å². The van der Waals surface area contributed by atoms with Gasteiger partial charge < -0.3 is 10.0 Å². The van der Waals surface area contributed by atoms with Gasteiger partial charge in [0.2, 0.25) is 5.91 Å². The molecule has 11 heteroatoms. The summed E-state index contributed by atoms with van der Waals surface area (Å²) in [6, 6.07) is 2.05. The number of likely N-dealkylation sites (tertiary alicyclic amines) is 2. The fraction of sp³-hybridized carbons (Fsp3) is 0.526. The van der Waals surface area contributed by atoms with Crippen LogP contribution in [0.3, 0.4) is 0 Å². The average Bonchev–Trinajstić information content (AvgIpc) is 3.40. The van der Waals surface area contributed by atoms with E-state index in [2.05, 4.69) is 38.5 Å². The zero-order chi connectivity index (χ0) is 21.9. The van der Waals surface area contributed by atoms with Crippen LogP contribution in [0.25, 0.3) is 0 Å². The molecular weight excluding hydrogens is 439 g/mol. The first-order chi connectivity index (χ1) is 14.1. The summed E-state index contributed by atoms with van der Waals surface area (Å²) in [5, 5.41) is 14.5. The minimum Gasteiger partial charge on any atom is -0.475 e. The van der Waals surface area contributed by atoms with Gasteiger partial charge in [-0.05, 0) is 42.2 Å². The van der Waals surface area contributed by atoms with Crippen molar-refractivity contribution in [1.29, 1.82) is 0 Å². The molecule has 0 radical (unpaired) electrons. The molecule has 2 fully saturated rings. The number of aryl methyl sites for hydroxylation is 1. The standard InChI is InChI=1S/C17H21N3OS2.C2HF3O2/c1-13-18-15(11-23-13)9-20-6-4-17(20)3-5-19(12-17)16(21)8-14-2-7-22-10-14;3-2(4,5)1(6)7/h2,7,10-11H,3-6,8-9,12H2,1H3;(H,6,7). The summed E-state index contributed by atoms with van der Waals surface area (Å²) in [6.45, 7) is 5.90. The molecule has 164 valence electrons. The van der Waals surface area contributed by atoms with Crippen molar-refractivity contribution < 1.29 is 27.9 Å². The molecule has 4 rings (SSSR count). The monoisotopic (exact) mass is 461 g/mol. The first-order valence-corrected chi connectivity index (χ1v) is 11.2. The Morgan fingerprint density at radius 3 is 2.47 bits per heavy atom. The Labute approximate surface area is 179 Å². The Morgan fingerprint density at radius 2 is 1.97 bits per heavy atom. The molecule has 30 heavy (non-hydrogen) atoms. The van der Waals surface area contributed by atoms with Crippen molar-refractivity contribution in [3.8, 4) is 0 Å². The third-order valence-electron chi connectivity index (χ3n) is 5.40. The molecule has 1 N–H and O–H groups in total. The zero-order valence-electron chi connectivity index (χ0n) is 16.3. The molecule has 0 aliphatic carbocycles. The number of amides is 1. The first kappa shape index (κ1) is 22.7. The second-order valence-electron chi connectivity index (χ2n) is 7.43. The lowest BCUT2D eigenvalue weighted by Crippen LogP contribution is -2.60. The summed E-state index contributed by atoms with van der Waals surface area (Å²) in [7, 11) is 0. The summed E-state index contributed by atoms with van der Waals surface area (Å²) in [6.07, 6.45) is -2.23. The molecule has 1 unspecified atom stereocenters. The van der Waals surface area contributed by atoms with Gasteiger partial charge in [-0.25, -0.2) is 9.78 Å². The zero-order valence-corrected chi connectivity index (χ0v) is 17.9. The Hall–Kier alpha value is -1.98. The predicted molar refractivity (Wildman–Crippen MR) is 108 cm³/mol. The van der Waals surface area contributed by atoms with Crippen molar-refractivity contribution in [3.63, 3.8) is 0 Å². The maximum Gasteiger partial charge on any atom is 0.490 e. The van der Waals surface area contributed by atoms with Gasteiger partial charge in [-0.15, -0.1) is 11.3 Å². The van der Waals surface area contributed by atoms with Crippen LogP contribution in [0.4, 0.5) is 13.2 Å². The van der Waals surface area contributed by atoms with Gasteiger partial charge in [-0.2, -0.15) is 24.5 Å². The van der Waals surface area contributed by atoms with Gasteiger partial charge in [-0.1, -0.05) is 0 Å². The summed E-state index contributed by atoms with van der Waals surface area (Å²) in [4.78, 5) is 30.6. The lowest BCUT2D eigenvalue weighted by atomic mass is 9.83. The minimum absolute atomic E-state index is 0.210. The van der Waals surface area contributed by atoms with Crippen LogP contribution >= 0.6 is 22.7 Å². The number of hydrogen-bond donors (Lipinski definition) is 1. The van der Waals surface area contributed by atoms with Gasteiger partial charge in [0.05, 0.1) is 17.1 Å². The number of carboxylic acids is 1. The number of thiophene rings is 1. The van der Waals surface area contributed by atoms with Crippen molar-refractivity contribution in [2.45, 2.75) is 44.4 Å². The molecule has 1 atom stereocenters. The fourth-order valence-corrected chi connectivity index (χ4v) is 4.99. The molecule has 2 aromatic rings. The number of halogens is 3. The molecule has 0 aromatic carbocycles. The van der Waals surface area contributed by atoms with E-state index in [1.54, 1.807) is 22.7 Å². The summed E-state index contributed by atoms with van der Waals surface area (Å²) in [5.41, 5.74) is 2.53. The Kier molecular flexibility index (Phi) is 6.83. The van der Waals surface area contributed by atoms with E-state index in [0.717, 1.165) is 43.2 Å². The van der Waals surface area contributed by atoms with E-state index >= 15 is 0 Å². The van der Waals surface area contributed by atoms with E-state index in [1.165, 1.54) is 12.1 Å². The highest BCUT2D eigenvalue weighted by atomic mass is 32.1. The third kappa shape index (κ3) is 5.38. The predicted octanol–water partition coefficient (Wildman–Crippen LogP) is 3.57. The number of aliphatic carboxylic acids is 1. The van der Waals surface area contributed by atoms with E-state index in [-0.39, 0.29) is 11.4 Å². The van der Waals surface area contributed by atoms with Crippen molar-refractivity contribution in [2.24, 2.45) is 0 Å². The highest BCUT2D eigenvalue weighted by Gasteiger charge is 2.50. The Bertz CT molecular complexity index is 885. The summed E-state index contributed by atoms with van der Waals surface area (Å²) < 4.78 is 31.7. The molecule has 2 aromatic heterocycles. The van der Waals surface area contributed by atoms with Crippen LogP contribution in [0.5, 0.6) is 0 Å². The maximum absolute atomic E-state index is 12.5. The first-order valence-electron chi connectivity index (χ1n) is 9.34. The molecule has 2 aliphatic rings. The van der Waals surface area contributed by atoms with Gasteiger partial charge in [0, 0.05) is 37.1 Å². The van der Waals surface area contributed by atoms with E-state index in [0.29, 0.717) is 6.42 Å². The molecule has 2 saturated heterocycles. The van der Waals surface area contributed by atoms with E-state index in [1.807, 2.05) is 5.38 Å². The highest BCUT2D eigenvalue weighted by Crippen LogP contribution is 2.40. The van der Waals surface area contributed by atoms with Gasteiger partial charge in [0.15, 0.2) is 0 Å². The number of rotatable bonds is 4. The van der Waals surface area contributed by atoms with E-state index < -0.39 is 12.1 Å². The summed E-state index contributed by atoms with van der Waals surface area (Å²) in [5.74, 6) is -2.48. The maximum atomic E-state index is 12.5. The number of carbonyl (C=O) groups excluding carboxylic acids is 1. The van der Waals surface area contributed by atoms with Crippen LogP contribution in [0.15, 0.2) is 22.2 Å². The van der Waals surface area contributed by atoms with Crippen molar-refractivity contribution >= 4 is 34.6 Å². The molecule has 2 aliphatic heterocycles. The molecule has 0 bridgehead atoms. The van der Waals surface area contributed by atoms with E-state index in [4.69, 9.17) is 9.90 Å². The van der Waals surface area contributed by atoms with Gasteiger partial charge in [0.1, 0.15) is 0 Å². The Balaban J connectivity index is 0.000000318. The number of carbonyl (C=O) groups is 2. The van der Waals surface area contributed by atoms with Crippen LogP contribution in [0.1, 0.15) is 29.1 Å². The number of carboxylic acid groups (broad SMARTS) is 1. The largest absolute Gasteiger partial charge is 0.490 e. The van der Waals surface area contributed by atoms with Crippen LogP contribution in [-0.2, 0) is 22.6 Å². The van der Waals surface area contributed by atoms with Crippen LogP contribution in [0.2, 0.25) is 0 Å². The lowest BCUT2D eigenvalue weighted by molar-refractivity contribution is -0.192. The molecule has 6 nitrogen and oxygen atoms in total. The fourth-order valence-electron chi connectivity index (χ4n) is 3.72. The number of alkyl halides is 3. The molecule has 1 spiro atoms. The van der Waals surface area contributed by atoms with Gasteiger partial charge in [-0.3, -0.25) is 9.69 Å². The molecular formula is C19H22F3N3O3S2. The second kappa shape index (κ2) is 9.03. The average molecular weight is 462 g/mol. The topological polar surface area (TPSA) is 73.7 Å². The number of hydrogen-bond acceptors (Lipinski definition) is 6. The van der Waals surface area contributed by atoms with Crippen LogP contribution < -0.4 is 0 Å². The van der Waals surface area contributed by atoms with E-state index in [9.17, 15) is 18.0 Å². The number of aromatic nitrogens is 1. The van der Waals surface area contributed by atoms with Crippen LogP contribution in [-0.4, -0.2) is 63.1 Å². The van der Waals surface area contributed by atoms with Crippen molar-refractivity contribution in [3.05, 3.63) is 38.5 Å². The molecule has 4 heterocycles. The second-order valence-corrected chi connectivity index (χ2v) is 9.27. The van der Waals surface area contributed by atoms with Gasteiger partial charge in [0.25, 0.3) is 0 Å². The Morgan fingerprint density at radius 1 is 1.27 bits per heavy atom. The number of thiazole rings is 1. The minimum atomic E-state index is -5.08. The van der Waals surface area contributed by atoms with Crippen LogP contribution in [0, 0.1) is 6.92 Å². The number of nitrogens with zero attached hydrogens (tertiary/aromatic N) is 3. The molecule has 1 amide bonds. The SMILES string of the molecule is Cc1nc(CN2CCC23CCN(C(=O)Cc2ccsc2)C3)cs1.O=C(O)C(F)(F)F.